The summed E-state index contributed by atoms with van der Waals surface area (Å²) in [5.74, 6) is 0.938. The number of nitrogens with zero attached hydrogens (tertiary/aromatic N) is 1. The monoisotopic (exact) mass is 269 g/mol. The van der Waals surface area contributed by atoms with E-state index >= 15 is 0 Å². The van der Waals surface area contributed by atoms with E-state index in [0.29, 0.717) is 0 Å². The van der Waals surface area contributed by atoms with E-state index in [4.69, 9.17) is 0 Å². The van der Waals surface area contributed by atoms with Gasteiger partial charge in [0, 0.05) is 25.3 Å². The van der Waals surface area contributed by atoms with Gasteiger partial charge in [-0.25, -0.2) is 4.98 Å². The molecular formula is C11H16BrN3. The molecule has 2 rings (SSSR count). The maximum Gasteiger partial charge on any atom is 0.140 e. The molecule has 0 aromatic carbocycles. The Morgan fingerprint density at radius 1 is 1.47 bits per heavy atom. The van der Waals surface area contributed by atoms with Crippen LogP contribution < -0.4 is 10.6 Å². The lowest BCUT2D eigenvalue weighted by atomic mass is 10.3. The first kappa shape index (κ1) is 10.9. The van der Waals surface area contributed by atoms with Crippen LogP contribution in [0, 0.1) is 6.92 Å². The van der Waals surface area contributed by atoms with E-state index in [-0.39, 0.29) is 0 Å². The molecule has 0 bridgehead atoms. The van der Waals surface area contributed by atoms with Gasteiger partial charge in [-0.15, -0.1) is 0 Å². The Morgan fingerprint density at radius 3 is 3.00 bits per heavy atom. The SMILES string of the molecule is Cc1ccnc(NCCNC2CC2)c1Br. The number of pyridine rings is 1. The summed E-state index contributed by atoms with van der Waals surface area (Å²) in [4.78, 5) is 4.29. The average molecular weight is 270 g/mol. The molecule has 1 heterocycles. The lowest BCUT2D eigenvalue weighted by Crippen LogP contribution is -2.24. The zero-order valence-electron chi connectivity index (χ0n) is 8.89. The number of aryl methyl sites for hydroxylation is 1. The van der Waals surface area contributed by atoms with Crippen LogP contribution in [0.3, 0.4) is 0 Å². The molecule has 0 spiro atoms. The number of halogens is 1. The number of hydrogen-bond acceptors (Lipinski definition) is 3. The Hall–Kier alpha value is -0.610. The largest absolute Gasteiger partial charge is 0.368 e. The van der Waals surface area contributed by atoms with Gasteiger partial charge in [-0.2, -0.15) is 0 Å². The highest BCUT2D eigenvalue weighted by atomic mass is 79.9. The van der Waals surface area contributed by atoms with Crippen molar-refractivity contribution < 1.29 is 0 Å². The van der Waals surface area contributed by atoms with Gasteiger partial charge < -0.3 is 10.6 Å². The Kier molecular flexibility index (Phi) is 3.59. The van der Waals surface area contributed by atoms with E-state index in [1.807, 2.05) is 12.3 Å². The first-order chi connectivity index (χ1) is 7.27. The van der Waals surface area contributed by atoms with Crippen LogP contribution in [0.4, 0.5) is 5.82 Å². The second-order valence-corrected chi connectivity index (χ2v) is 4.74. The van der Waals surface area contributed by atoms with Crippen molar-refractivity contribution in [1.82, 2.24) is 10.3 Å². The lowest BCUT2D eigenvalue weighted by molar-refractivity contribution is 0.700. The predicted molar refractivity (Wildman–Crippen MR) is 66.2 cm³/mol. The van der Waals surface area contributed by atoms with E-state index in [9.17, 15) is 0 Å². The molecule has 1 aromatic heterocycles. The van der Waals surface area contributed by atoms with Crippen molar-refractivity contribution >= 4 is 21.7 Å². The third kappa shape index (κ3) is 3.18. The third-order valence-electron chi connectivity index (χ3n) is 2.51. The molecule has 1 aliphatic rings. The van der Waals surface area contributed by atoms with Crippen LogP contribution in [-0.4, -0.2) is 24.1 Å². The summed E-state index contributed by atoms with van der Waals surface area (Å²) in [6.07, 6.45) is 4.51. The quantitative estimate of drug-likeness (QED) is 0.806. The summed E-state index contributed by atoms with van der Waals surface area (Å²) < 4.78 is 1.07. The number of nitrogens with one attached hydrogen (secondary N) is 2. The van der Waals surface area contributed by atoms with E-state index in [1.54, 1.807) is 0 Å². The standard InChI is InChI=1S/C11H16BrN3/c1-8-4-5-14-11(10(8)12)15-7-6-13-9-2-3-9/h4-5,9,13H,2-3,6-7H2,1H3,(H,14,15). The summed E-state index contributed by atoms with van der Waals surface area (Å²) in [6, 6.07) is 2.78. The zero-order valence-corrected chi connectivity index (χ0v) is 10.5. The van der Waals surface area contributed by atoms with Gasteiger partial charge in [0.1, 0.15) is 5.82 Å². The van der Waals surface area contributed by atoms with E-state index in [2.05, 4.69) is 38.5 Å². The summed E-state index contributed by atoms with van der Waals surface area (Å²) in [5.41, 5.74) is 1.21. The van der Waals surface area contributed by atoms with Crippen molar-refractivity contribution in [2.24, 2.45) is 0 Å². The molecule has 1 aromatic rings. The number of aromatic nitrogens is 1. The lowest BCUT2D eigenvalue weighted by Gasteiger charge is -2.09. The summed E-state index contributed by atoms with van der Waals surface area (Å²) in [5, 5.41) is 6.77. The fourth-order valence-electron chi connectivity index (χ4n) is 1.41. The minimum Gasteiger partial charge on any atom is -0.368 e. The molecule has 0 radical (unpaired) electrons. The highest BCUT2D eigenvalue weighted by Gasteiger charge is 2.19. The van der Waals surface area contributed by atoms with Crippen LogP contribution in [0.2, 0.25) is 0 Å². The van der Waals surface area contributed by atoms with Crippen molar-refractivity contribution in [3.05, 3.63) is 22.3 Å². The number of rotatable bonds is 5. The zero-order chi connectivity index (χ0) is 10.7. The van der Waals surface area contributed by atoms with Crippen molar-refractivity contribution in [3.8, 4) is 0 Å². The number of hydrogen-bond donors (Lipinski definition) is 2. The minimum atomic E-state index is 0.778. The molecule has 0 aliphatic heterocycles. The van der Waals surface area contributed by atoms with E-state index < -0.39 is 0 Å². The normalized spacial score (nSPS) is 15.3. The van der Waals surface area contributed by atoms with Crippen LogP contribution in [0.1, 0.15) is 18.4 Å². The minimum absolute atomic E-state index is 0.778. The molecule has 1 saturated carbocycles. The molecule has 15 heavy (non-hydrogen) atoms. The Balaban J connectivity index is 1.78. The molecule has 3 nitrogen and oxygen atoms in total. The molecule has 1 fully saturated rings. The second-order valence-electron chi connectivity index (χ2n) is 3.95. The molecule has 82 valence electrons. The smallest absolute Gasteiger partial charge is 0.140 e. The van der Waals surface area contributed by atoms with Crippen molar-refractivity contribution in [2.75, 3.05) is 18.4 Å². The maximum absolute atomic E-state index is 4.29. The fraction of sp³-hybridized carbons (Fsp3) is 0.545. The van der Waals surface area contributed by atoms with Crippen LogP contribution in [0.15, 0.2) is 16.7 Å². The molecule has 0 unspecified atom stereocenters. The van der Waals surface area contributed by atoms with Crippen LogP contribution in [0.25, 0.3) is 0 Å². The van der Waals surface area contributed by atoms with E-state index in [1.165, 1.54) is 18.4 Å². The first-order valence-electron chi connectivity index (χ1n) is 5.36. The van der Waals surface area contributed by atoms with Gasteiger partial charge in [0.15, 0.2) is 0 Å². The topological polar surface area (TPSA) is 37.0 Å². The van der Waals surface area contributed by atoms with Crippen molar-refractivity contribution in [1.29, 1.82) is 0 Å². The maximum atomic E-state index is 4.29. The van der Waals surface area contributed by atoms with Gasteiger partial charge in [0.2, 0.25) is 0 Å². The Bertz CT molecular complexity index is 337. The van der Waals surface area contributed by atoms with Crippen LogP contribution in [0.5, 0.6) is 0 Å². The molecule has 1 aliphatic carbocycles. The van der Waals surface area contributed by atoms with Gasteiger partial charge in [0.05, 0.1) is 4.47 Å². The van der Waals surface area contributed by atoms with Gasteiger partial charge in [-0.3, -0.25) is 0 Å². The highest BCUT2D eigenvalue weighted by molar-refractivity contribution is 9.10. The van der Waals surface area contributed by atoms with Crippen LogP contribution >= 0.6 is 15.9 Å². The van der Waals surface area contributed by atoms with Gasteiger partial charge in [-0.1, -0.05) is 0 Å². The van der Waals surface area contributed by atoms with Gasteiger partial charge in [0.25, 0.3) is 0 Å². The summed E-state index contributed by atoms with van der Waals surface area (Å²) in [7, 11) is 0. The highest BCUT2D eigenvalue weighted by Crippen LogP contribution is 2.23. The Morgan fingerprint density at radius 2 is 2.27 bits per heavy atom. The van der Waals surface area contributed by atoms with Gasteiger partial charge in [-0.05, 0) is 47.3 Å². The molecular weight excluding hydrogens is 254 g/mol. The fourth-order valence-corrected chi connectivity index (χ4v) is 1.78. The van der Waals surface area contributed by atoms with Crippen LogP contribution in [-0.2, 0) is 0 Å². The van der Waals surface area contributed by atoms with Crippen molar-refractivity contribution in [2.45, 2.75) is 25.8 Å². The average Bonchev–Trinajstić information content (AvgIpc) is 3.02. The second kappa shape index (κ2) is 4.94. The third-order valence-corrected chi connectivity index (χ3v) is 3.51. The summed E-state index contributed by atoms with van der Waals surface area (Å²) >= 11 is 3.53. The molecule has 4 heteroatoms. The van der Waals surface area contributed by atoms with Gasteiger partial charge >= 0.3 is 0 Å². The molecule has 0 amide bonds. The van der Waals surface area contributed by atoms with Crippen molar-refractivity contribution in [3.63, 3.8) is 0 Å². The van der Waals surface area contributed by atoms with E-state index in [0.717, 1.165) is 29.4 Å². The Labute approximate surface area is 98.8 Å². The predicted octanol–water partition coefficient (Wildman–Crippen LogP) is 2.32. The first-order valence-corrected chi connectivity index (χ1v) is 6.15. The molecule has 0 atom stereocenters. The molecule has 0 saturated heterocycles. The molecule has 2 N–H and O–H groups in total. The summed E-state index contributed by atoms with van der Waals surface area (Å²) in [6.45, 7) is 4.00. The number of anilines is 1.